The number of esters is 4. The Morgan fingerprint density at radius 3 is 2.42 bits per heavy atom. The number of furan rings is 1. The van der Waals surface area contributed by atoms with Gasteiger partial charge in [0.25, 0.3) is 0 Å². The summed E-state index contributed by atoms with van der Waals surface area (Å²) in [5.41, 5.74) is -3.79. The van der Waals surface area contributed by atoms with Gasteiger partial charge in [-0.25, -0.2) is 4.79 Å². The average Bonchev–Trinajstić information content (AvgIpc) is 3.56. The molecule has 9 heteroatoms. The minimum Gasteiger partial charge on any atom is -0.472 e. The van der Waals surface area contributed by atoms with Gasteiger partial charge in [0.1, 0.15) is 29.3 Å². The normalized spacial score (nSPS) is 43.2. The Kier molecular flexibility index (Phi) is 5.26. The van der Waals surface area contributed by atoms with Crippen LogP contribution in [0.1, 0.15) is 72.5 Å². The van der Waals surface area contributed by atoms with Gasteiger partial charge < -0.3 is 23.4 Å². The Hall–Kier alpha value is -3.10. The number of hydrogen-bond donors (Lipinski definition) is 0. The van der Waals surface area contributed by atoms with Gasteiger partial charge in [-0.2, -0.15) is 0 Å². The van der Waals surface area contributed by atoms with Crippen LogP contribution >= 0.6 is 0 Å². The predicted octanol–water partition coefficient (Wildman–Crippen LogP) is 3.82. The van der Waals surface area contributed by atoms with Crippen molar-refractivity contribution in [3.8, 4) is 0 Å². The fraction of sp³-hybridized carbons (Fsp3) is 0.630. The van der Waals surface area contributed by atoms with Crippen LogP contribution in [0, 0.1) is 22.2 Å². The van der Waals surface area contributed by atoms with Gasteiger partial charge in [-0.1, -0.05) is 19.9 Å². The molecule has 0 amide bonds. The molecule has 0 aromatic carbocycles. The van der Waals surface area contributed by atoms with Crippen molar-refractivity contribution in [3.63, 3.8) is 0 Å². The van der Waals surface area contributed by atoms with Crippen molar-refractivity contribution in [2.45, 2.75) is 84.7 Å². The van der Waals surface area contributed by atoms with E-state index in [-0.39, 0.29) is 6.42 Å². The number of ether oxygens (including phenoxy) is 4. The SMILES string of the molecule is CC=C(C)C(=O)O[C@H]1[C@@H](OC(C)=O)[C@@]2(C)[C@@]3(CC[C@@]2(C)C(=O)O3)[C@@]2(C[C@H](c3ccoc3)OC2=O)[C@@H]1C. The monoisotopic (exact) mass is 500 g/mol. The lowest BCUT2D eigenvalue weighted by Crippen LogP contribution is -2.73. The molecule has 2 aliphatic heterocycles. The molecule has 0 unspecified atom stereocenters. The fourth-order valence-corrected chi connectivity index (χ4v) is 7.55. The molecular weight excluding hydrogens is 468 g/mol. The molecule has 3 heterocycles. The van der Waals surface area contributed by atoms with E-state index in [9.17, 15) is 19.2 Å². The molecule has 4 fully saturated rings. The molecule has 36 heavy (non-hydrogen) atoms. The number of allylic oxidation sites excluding steroid dienone is 1. The van der Waals surface area contributed by atoms with E-state index in [1.807, 2.05) is 6.92 Å². The molecule has 2 saturated heterocycles. The lowest BCUT2D eigenvalue weighted by Gasteiger charge is -2.60. The molecule has 1 aromatic heterocycles. The average molecular weight is 501 g/mol. The van der Waals surface area contributed by atoms with Crippen LogP contribution in [0.5, 0.6) is 0 Å². The van der Waals surface area contributed by atoms with Crippen LogP contribution in [0.2, 0.25) is 0 Å². The smallest absolute Gasteiger partial charge is 0.333 e. The molecule has 0 N–H and O–H groups in total. The highest BCUT2D eigenvalue weighted by molar-refractivity contribution is 5.90. The van der Waals surface area contributed by atoms with Gasteiger partial charge in [-0.05, 0) is 39.7 Å². The molecule has 0 radical (unpaired) electrons. The van der Waals surface area contributed by atoms with Gasteiger partial charge in [0.05, 0.1) is 23.4 Å². The minimum atomic E-state index is -1.33. The molecular formula is C27H32O9. The topological polar surface area (TPSA) is 118 Å². The van der Waals surface area contributed by atoms with Crippen LogP contribution in [-0.4, -0.2) is 41.7 Å². The quantitative estimate of drug-likeness (QED) is 0.345. The van der Waals surface area contributed by atoms with E-state index in [0.717, 1.165) is 0 Å². The van der Waals surface area contributed by atoms with Crippen LogP contribution in [-0.2, 0) is 38.1 Å². The van der Waals surface area contributed by atoms with E-state index < -0.39 is 70.0 Å². The lowest BCUT2D eigenvalue weighted by atomic mass is 9.44. The Labute approximate surface area is 209 Å². The first kappa shape index (κ1) is 24.6. The molecule has 2 aliphatic carbocycles. The van der Waals surface area contributed by atoms with E-state index in [1.54, 1.807) is 39.8 Å². The summed E-state index contributed by atoms with van der Waals surface area (Å²) in [6, 6.07) is 1.73. The molecule has 2 saturated carbocycles. The number of cyclic esters (lactones) is 1. The largest absolute Gasteiger partial charge is 0.472 e. The number of rotatable bonds is 4. The second-order valence-electron chi connectivity index (χ2n) is 11.0. The van der Waals surface area contributed by atoms with Crippen LogP contribution < -0.4 is 0 Å². The first-order valence-corrected chi connectivity index (χ1v) is 12.4. The van der Waals surface area contributed by atoms with Crippen molar-refractivity contribution >= 4 is 23.9 Å². The highest BCUT2D eigenvalue weighted by atomic mass is 16.6. The fourth-order valence-electron chi connectivity index (χ4n) is 7.55. The molecule has 4 aliphatic rings. The highest BCUT2D eigenvalue weighted by Gasteiger charge is 2.90. The number of hydrogen-bond acceptors (Lipinski definition) is 9. The standard InChI is InChI=1S/C27H32O9/c1-7-14(2)21(29)35-19-15(3)26(12-18(34-23(26)31)17-8-11-32-13-17)27-10-9-24(5,22(30)36-27)25(27,6)20(19)33-16(4)28/h7-8,11,13,15,18-20H,9-10,12H2,1-6H3/t15-,18-,19-,20-,24+,25-,26+,27+/m1/s1. The van der Waals surface area contributed by atoms with Crippen molar-refractivity contribution in [1.29, 1.82) is 0 Å². The van der Waals surface area contributed by atoms with Crippen molar-refractivity contribution < 1.29 is 42.5 Å². The van der Waals surface area contributed by atoms with Gasteiger partial charge in [-0.3, -0.25) is 14.4 Å². The number of carbonyl (C=O) groups is 4. The first-order chi connectivity index (χ1) is 16.9. The van der Waals surface area contributed by atoms with E-state index in [4.69, 9.17) is 23.4 Å². The Morgan fingerprint density at radius 1 is 1.11 bits per heavy atom. The van der Waals surface area contributed by atoms with E-state index in [1.165, 1.54) is 19.5 Å². The second-order valence-corrected chi connectivity index (χ2v) is 11.0. The zero-order valence-electron chi connectivity index (χ0n) is 21.4. The molecule has 1 spiro atoms. The zero-order chi connectivity index (χ0) is 26.3. The van der Waals surface area contributed by atoms with E-state index in [0.29, 0.717) is 24.0 Å². The van der Waals surface area contributed by atoms with E-state index in [2.05, 4.69) is 0 Å². The number of carbonyl (C=O) groups excluding carboxylic acids is 4. The Bertz CT molecular complexity index is 1170. The van der Waals surface area contributed by atoms with Crippen LogP contribution in [0.25, 0.3) is 0 Å². The summed E-state index contributed by atoms with van der Waals surface area (Å²) in [7, 11) is 0. The third-order valence-electron chi connectivity index (χ3n) is 9.86. The summed E-state index contributed by atoms with van der Waals surface area (Å²) in [6.45, 7) is 10.0. The Morgan fingerprint density at radius 2 is 1.83 bits per heavy atom. The lowest BCUT2D eigenvalue weighted by molar-refractivity contribution is -0.266. The summed E-state index contributed by atoms with van der Waals surface area (Å²) < 4.78 is 29.3. The summed E-state index contributed by atoms with van der Waals surface area (Å²) in [4.78, 5) is 52.8. The molecule has 5 rings (SSSR count). The van der Waals surface area contributed by atoms with Crippen LogP contribution in [0.15, 0.2) is 34.7 Å². The van der Waals surface area contributed by atoms with Crippen molar-refractivity contribution in [1.82, 2.24) is 0 Å². The maximum atomic E-state index is 14.0. The first-order valence-electron chi connectivity index (χ1n) is 12.4. The van der Waals surface area contributed by atoms with Crippen molar-refractivity contribution in [2.24, 2.45) is 22.2 Å². The summed E-state index contributed by atoms with van der Waals surface area (Å²) in [5.74, 6) is -2.81. The summed E-state index contributed by atoms with van der Waals surface area (Å²) >= 11 is 0. The van der Waals surface area contributed by atoms with Crippen LogP contribution in [0.4, 0.5) is 0 Å². The third-order valence-corrected chi connectivity index (χ3v) is 9.86. The molecule has 194 valence electrons. The van der Waals surface area contributed by atoms with Gasteiger partial charge >= 0.3 is 23.9 Å². The second kappa shape index (κ2) is 7.70. The minimum absolute atomic E-state index is 0.203. The Balaban J connectivity index is 1.73. The summed E-state index contributed by atoms with van der Waals surface area (Å²) in [6.07, 6.45) is 3.04. The molecule has 2 bridgehead atoms. The maximum absolute atomic E-state index is 14.0. The highest BCUT2D eigenvalue weighted by Crippen LogP contribution is 2.79. The van der Waals surface area contributed by atoms with Gasteiger partial charge in [0.2, 0.25) is 0 Å². The van der Waals surface area contributed by atoms with Gasteiger partial charge in [0, 0.05) is 30.4 Å². The summed E-state index contributed by atoms with van der Waals surface area (Å²) in [5, 5.41) is 0. The zero-order valence-corrected chi connectivity index (χ0v) is 21.4. The van der Waals surface area contributed by atoms with Crippen LogP contribution in [0.3, 0.4) is 0 Å². The molecule has 9 nitrogen and oxygen atoms in total. The van der Waals surface area contributed by atoms with E-state index >= 15 is 0 Å². The maximum Gasteiger partial charge on any atom is 0.333 e. The van der Waals surface area contributed by atoms with Crippen molar-refractivity contribution in [2.75, 3.05) is 0 Å². The van der Waals surface area contributed by atoms with Gasteiger partial charge in [0.15, 0.2) is 0 Å². The molecule has 1 aromatic rings. The van der Waals surface area contributed by atoms with Gasteiger partial charge in [-0.15, -0.1) is 0 Å². The predicted molar refractivity (Wildman–Crippen MR) is 123 cm³/mol. The van der Waals surface area contributed by atoms with Crippen molar-refractivity contribution in [3.05, 3.63) is 35.8 Å². The third kappa shape index (κ3) is 2.66. The molecule has 8 atom stereocenters.